The maximum absolute atomic E-state index is 13.0. The number of imidazole rings is 1. The molecule has 1 heterocycles. The first-order valence-corrected chi connectivity index (χ1v) is 11.2. The predicted molar refractivity (Wildman–Crippen MR) is 131 cm³/mol. The highest BCUT2D eigenvalue weighted by atomic mass is 16.2. The van der Waals surface area contributed by atoms with Gasteiger partial charge in [-0.2, -0.15) is 0 Å². The number of rotatable bonds is 9. The van der Waals surface area contributed by atoms with E-state index in [4.69, 9.17) is 4.98 Å². The second-order valence-corrected chi connectivity index (χ2v) is 7.98. The number of carbonyl (C=O) groups excluding carboxylic acids is 2. The Morgan fingerprint density at radius 3 is 2.30 bits per heavy atom. The molecule has 4 aromatic rings. The van der Waals surface area contributed by atoms with E-state index in [1.807, 2.05) is 89.5 Å². The number of nitrogens with zero attached hydrogens (tertiary/aromatic N) is 3. The zero-order chi connectivity index (χ0) is 23.0. The number of anilines is 1. The average molecular weight is 441 g/mol. The summed E-state index contributed by atoms with van der Waals surface area (Å²) in [5, 5.41) is 2.99. The number of fused-ring (bicyclic) bond motifs is 1. The minimum Gasteiger partial charge on any atom is -0.356 e. The monoisotopic (exact) mass is 440 g/mol. The third kappa shape index (κ3) is 5.66. The molecule has 0 aliphatic heterocycles. The van der Waals surface area contributed by atoms with Crippen LogP contribution in [0.25, 0.3) is 11.0 Å². The quantitative estimate of drug-likeness (QED) is 0.428. The lowest BCUT2D eigenvalue weighted by atomic mass is 10.1. The molecule has 0 aliphatic carbocycles. The van der Waals surface area contributed by atoms with Crippen molar-refractivity contribution in [3.8, 4) is 0 Å². The molecule has 0 fully saturated rings. The summed E-state index contributed by atoms with van der Waals surface area (Å²) in [6, 6.07) is 27.4. The Bertz CT molecular complexity index is 1220. The molecule has 1 N–H and O–H groups in total. The molecule has 2 amide bonds. The number of carbonyl (C=O) groups is 2. The number of hydrogen-bond acceptors (Lipinski definition) is 3. The molecular weight excluding hydrogens is 412 g/mol. The van der Waals surface area contributed by atoms with E-state index in [0.717, 1.165) is 28.1 Å². The summed E-state index contributed by atoms with van der Waals surface area (Å²) in [4.78, 5) is 31.7. The molecule has 0 radical (unpaired) electrons. The molecular formula is C27H28N4O2. The van der Waals surface area contributed by atoms with Gasteiger partial charge in [0.15, 0.2) is 0 Å². The molecule has 6 heteroatoms. The highest BCUT2D eigenvalue weighted by Gasteiger charge is 2.17. The van der Waals surface area contributed by atoms with Crippen molar-refractivity contribution in [1.29, 1.82) is 0 Å². The van der Waals surface area contributed by atoms with Crippen molar-refractivity contribution in [3.05, 3.63) is 96.3 Å². The molecule has 0 unspecified atom stereocenters. The normalized spacial score (nSPS) is 10.8. The van der Waals surface area contributed by atoms with Gasteiger partial charge in [0.05, 0.1) is 11.0 Å². The zero-order valence-corrected chi connectivity index (χ0v) is 18.8. The molecule has 6 nitrogen and oxygen atoms in total. The highest BCUT2D eigenvalue weighted by Crippen LogP contribution is 2.18. The van der Waals surface area contributed by atoms with Gasteiger partial charge in [-0.3, -0.25) is 9.59 Å². The van der Waals surface area contributed by atoms with Crippen LogP contribution in [0.3, 0.4) is 0 Å². The first-order valence-electron chi connectivity index (χ1n) is 11.2. The Labute approximate surface area is 193 Å². The molecule has 0 saturated heterocycles. The van der Waals surface area contributed by atoms with Gasteiger partial charge >= 0.3 is 0 Å². The van der Waals surface area contributed by atoms with E-state index in [-0.39, 0.29) is 18.4 Å². The van der Waals surface area contributed by atoms with Gasteiger partial charge in [-0.1, -0.05) is 60.7 Å². The fraction of sp³-hybridized carbons (Fsp3) is 0.222. The smallest absolute Gasteiger partial charge is 0.246 e. The summed E-state index contributed by atoms with van der Waals surface area (Å²) in [6.45, 7) is 0.656. The van der Waals surface area contributed by atoms with Crippen LogP contribution < -0.4 is 10.2 Å². The van der Waals surface area contributed by atoms with E-state index in [1.165, 1.54) is 0 Å². The van der Waals surface area contributed by atoms with Gasteiger partial charge in [-0.25, -0.2) is 4.98 Å². The van der Waals surface area contributed by atoms with Crippen molar-refractivity contribution in [2.24, 2.45) is 0 Å². The zero-order valence-electron chi connectivity index (χ0n) is 18.8. The SMILES string of the molecule is CN(C(=O)Cn1c(CCNC(=O)CCc2ccccc2)nc2ccccc21)c1ccccc1. The Hall–Kier alpha value is -3.93. The van der Waals surface area contributed by atoms with E-state index in [9.17, 15) is 9.59 Å². The minimum atomic E-state index is -0.0301. The van der Waals surface area contributed by atoms with Gasteiger partial charge in [0.2, 0.25) is 11.8 Å². The first kappa shape index (κ1) is 22.3. The number of aromatic nitrogens is 2. The number of aryl methyl sites for hydroxylation is 1. The van der Waals surface area contributed by atoms with Crippen LogP contribution in [0, 0.1) is 0 Å². The molecule has 1 aromatic heterocycles. The highest BCUT2D eigenvalue weighted by molar-refractivity contribution is 5.93. The lowest BCUT2D eigenvalue weighted by Gasteiger charge is -2.18. The first-order chi connectivity index (χ1) is 16.1. The maximum atomic E-state index is 13.0. The van der Waals surface area contributed by atoms with Gasteiger partial charge in [0, 0.05) is 32.1 Å². The largest absolute Gasteiger partial charge is 0.356 e. The molecule has 0 aliphatic rings. The van der Waals surface area contributed by atoms with Crippen LogP contribution in [0.2, 0.25) is 0 Å². The Kier molecular flexibility index (Phi) is 7.15. The Morgan fingerprint density at radius 2 is 1.55 bits per heavy atom. The standard InChI is InChI=1S/C27H28N4O2/c1-30(22-12-6-3-7-13-22)27(33)20-31-24-15-9-8-14-23(24)29-25(31)18-19-28-26(32)17-16-21-10-4-2-5-11-21/h2-15H,16-20H2,1H3,(H,28,32). The molecule has 0 atom stereocenters. The summed E-state index contributed by atoms with van der Waals surface area (Å²) < 4.78 is 1.95. The van der Waals surface area contributed by atoms with E-state index >= 15 is 0 Å². The van der Waals surface area contributed by atoms with Crippen LogP contribution in [0.4, 0.5) is 5.69 Å². The van der Waals surface area contributed by atoms with Gasteiger partial charge < -0.3 is 14.8 Å². The topological polar surface area (TPSA) is 67.2 Å². The van der Waals surface area contributed by atoms with E-state index < -0.39 is 0 Å². The van der Waals surface area contributed by atoms with Crippen LogP contribution in [0.1, 0.15) is 17.8 Å². The molecule has 168 valence electrons. The second kappa shape index (κ2) is 10.6. The van der Waals surface area contributed by atoms with Crippen molar-refractivity contribution in [3.63, 3.8) is 0 Å². The molecule has 3 aromatic carbocycles. The number of likely N-dealkylation sites (N-methyl/N-ethyl adjacent to an activating group) is 1. The number of benzene rings is 3. The lowest BCUT2D eigenvalue weighted by molar-refractivity contribution is -0.121. The molecule has 0 bridgehead atoms. The van der Waals surface area contributed by atoms with E-state index in [2.05, 4.69) is 5.32 Å². The Morgan fingerprint density at radius 1 is 0.879 bits per heavy atom. The predicted octanol–water partition coefficient (Wildman–Crippen LogP) is 3.99. The lowest BCUT2D eigenvalue weighted by Crippen LogP contribution is -2.31. The van der Waals surface area contributed by atoms with Crippen molar-refractivity contribution < 1.29 is 9.59 Å². The van der Waals surface area contributed by atoms with Crippen LogP contribution in [0.5, 0.6) is 0 Å². The maximum Gasteiger partial charge on any atom is 0.246 e. The van der Waals surface area contributed by atoms with Gasteiger partial charge in [0.1, 0.15) is 12.4 Å². The molecule has 0 saturated carbocycles. The fourth-order valence-corrected chi connectivity index (χ4v) is 3.83. The molecule has 4 rings (SSSR count). The summed E-state index contributed by atoms with van der Waals surface area (Å²) >= 11 is 0. The summed E-state index contributed by atoms with van der Waals surface area (Å²) in [5.41, 5.74) is 3.76. The van der Waals surface area contributed by atoms with Crippen molar-refractivity contribution >= 4 is 28.5 Å². The van der Waals surface area contributed by atoms with Gasteiger partial charge in [-0.05, 0) is 36.2 Å². The third-order valence-electron chi connectivity index (χ3n) is 5.70. The van der Waals surface area contributed by atoms with Crippen LogP contribution in [0.15, 0.2) is 84.9 Å². The number of nitrogens with one attached hydrogen (secondary N) is 1. The second-order valence-electron chi connectivity index (χ2n) is 7.98. The summed E-state index contributed by atoms with van der Waals surface area (Å²) in [7, 11) is 1.78. The average Bonchev–Trinajstić information content (AvgIpc) is 3.20. The minimum absolute atomic E-state index is 0.0152. The van der Waals surface area contributed by atoms with Gasteiger partial charge in [-0.15, -0.1) is 0 Å². The van der Waals surface area contributed by atoms with E-state index in [1.54, 1.807) is 11.9 Å². The van der Waals surface area contributed by atoms with E-state index in [0.29, 0.717) is 25.8 Å². The Balaban J connectivity index is 1.40. The van der Waals surface area contributed by atoms with Crippen molar-refractivity contribution in [2.45, 2.75) is 25.8 Å². The van der Waals surface area contributed by atoms with Crippen LogP contribution >= 0.6 is 0 Å². The van der Waals surface area contributed by atoms with Crippen LogP contribution in [-0.4, -0.2) is 35.0 Å². The number of amides is 2. The van der Waals surface area contributed by atoms with Crippen molar-refractivity contribution in [2.75, 3.05) is 18.5 Å². The summed E-state index contributed by atoms with van der Waals surface area (Å²) in [5.74, 6) is 0.772. The third-order valence-corrected chi connectivity index (χ3v) is 5.70. The molecule has 0 spiro atoms. The number of para-hydroxylation sites is 3. The molecule has 33 heavy (non-hydrogen) atoms. The summed E-state index contributed by atoms with van der Waals surface area (Å²) in [6.07, 6.45) is 1.71. The fourth-order valence-electron chi connectivity index (χ4n) is 3.83. The van der Waals surface area contributed by atoms with Crippen molar-refractivity contribution in [1.82, 2.24) is 14.9 Å². The number of hydrogen-bond donors (Lipinski definition) is 1. The van der Waals surface area contributed by atoms with Crippen LogP contribution in [-0.2, 0) is 29.0 Å². The van der Waals surface area contributed by atoms with Gasteiger partial charge in [0.25, 0.3) is 0 Å².